The quantitative estimate of drug-likeness (QED) is 0.782. The minimum atomic E-state index is 0.226. The van der Waals surface area contributed by atoms with Crippen LogP contribution in [-0.4, -0.2) is 16.5 Å². The van der Waals surface area contributed by atoms with Gasteiger partial charge in [-0.3, -0.25) is 0 Å². The highest BCUT2D eigenvalue weighted by Crippen LogP contribution is 2.36. The summed E-state index contributed by atoms with van der Waals surface area (Å²) in [5.74, 6) is 2.12. The van der Waals surface area contributed by atoms with Crippen LogP contribution in [0.1, 0.15) is 32.3 Å². The number of nitrogens with one attached hydrogen (secondary N) is 1. The van der Waals surface area contributed by atoms with Crippen molar-refractivity contribution in [3.8, 4) is 11.6 Å². The van der Waals surface area contributed by atoms with Crippen molar-refractivity contribution in [3.63, 3.8) is 0 Å². The van der Waals surface area contributed by atoms with Crippen molar-refractivity contribution in [1.82, 2.24) is 9.97 Å². The van der Waals surface area contributed by atoms with Crippen molar-refractivity contribution < 1.29 is 4.74 Å². The van der Waals surface area contributed by atoms with E-state index in [0.29, 0.717) is 16.7 Å². The fourth-order valence-corrected chi connectivity index (χ4v) is 2.66. The third kappa shape index (κ3) is 3.86. The van der Waals surface area contributed by atoms with Crippen molar-refractivity contribution in [3.05, 3.63) is 39.6 Å². The summed E-state index contributed by atoms with van der Waals surface area (Å²) in [6.45, 7) is 6.97. The molecular weight excluding hydrogens is 354 g/mol. The number of benzene rings is 1. The van der Waals surface area contributed by atoms with Gasteiger partial charge in [0, 0.05) is 11.0 Å². The zero-order valence-electron chi connectivity index (χ0n) is 12.2. The number of aromatic nitrogens is 2. The number of anilines is 1. The fourth-order valence-electron chi connectivity index (χ4n) is 1.95. The Morgan fingerprint density at radius 3 is 2.71 bits per heavy atom. The Morgan fingerprint density at radius 2 is 2.10 bits per heavy atom. The highest BCUT2D eigenvalue weighted by molar-refractivity contribution is 9.10. The molecule has 1 aromatic heterocycles. The van der Waals surface area contributed by atoms with Crippen LogP contribution in [0.25, 0.3) is 0 Å². The van der Waals surface area contributed by atoms with E-state index in [1.54, 1.807) is 6.07 Å². The summed E-state index contributed by atoms with van der Waals surface area (Å²) >= 11 is 9.57. The van der Waals surface area contributed by atoms with Gasteiger partial charge in [0.1, 0.15) is 17.9 Å². The first-order chi connectivity index (χ1) is 10.0. The monoisotopic (exact) mass is 369 g/mol. The van der Waals surface area contributed by atoms with E-state index in [-0.39, 0.29) is 5.92 Å². The van der Waals surface area contributed by atoms with Gasteiger partial charge in [0.05, 0.1) is 10.6 Å². The molecule has 0 fully saturated rings. The molecule has 0 aliphatic rings. The summed E-state index contributed by atoms with van der Waals surface area (Å²) in [6, 6.07) is 5.48. The van der Waals surface area contributed by atoms with Crippen LogP contribution in [0, 0.1) is 0 Å². The zero-order chi connectivity index (χ0) is 15.4. The third-order valence-corrected chi connectivity index (χ3v) is 3.66. The normalized spacial score (nSPS) is 10.8. The van der Waals surface area contributed by atoms with Crippen LogP contribution in [0.15, 0.2) is 29.0 Å². The van der Waals surface area contributed by atoms with Gasteiger partial charge < -0.3 is 10.1 Å². The minimum Gasteiger partial charge on any atom is -0.437 e. The van der Waals surface area contributed by atoms with Crippen molar-refractivity contribution >= 4 is 33.3 Å². The van der Waals surface area contributed by atoms with Crippen LogP contribution < -0.4 is 10.1 Å². The molecule has 0 aliphatic carbocycles. The molecule has 0 saturated heterocycles. The molecule has 4 nitrogen and oxygen atoms in total. The van der Waals surface area contributed by atoms with Crippen LogP contribution in [0.2, 0.25) is 5.02 Å². The Morgan fingerprint density at radius 1 is 1.33 bits per heavy atom. The predicted octanol–water partition coefficient (Wildman–Crippen LogP) is 5.24. The van der Waals surface area contributed by atoms with E-state index in [1.807, 2.05) is 19.1 Å². The Kier molecular flexibility index (Phi) is 5.42. The van der Waals surface area contributed by atoms with Crippen molar-refractivity contribution in [2.45, 2.75) is 26.7 Å². The van der Waals surface area contributed by atoms with E-state index in [9.17, 15) is 0 Å². The first kappa shape index (κ1) is 16.0. The molecule has 0 atom stereocenters. The number of nitrogens with zero attached hydrogens (tertiary/aromatic N) is 2. The topological polar surface area (TPSA) is 47.0 Å². The summed E-state index contributed by atoms with van der Waals surface area (Å²) in [7, 11) is 0. The highest BCUT2D eigenvalue weighted by atomic mass is 79.9. The molecule has 1 aromatic carbocycles. The van der Waals surface area contributed by atoms with Crippen LogP contribution >= 0.6 is 27.5 Å². The number of halogens is 2. The number of rotatable bonds is 5. The largest absolute Gasteiger partial charge is 0.437 e. The highest BCUT2D eigenvalue weighted by Gasteiger charge is 2.17. The summed E-state index contributed by atoms with van der Waals surface area (Å²) in [5, 5.41) is 3.77. The first-order valence-corrected chi connectivity index (χ1v) is 7.91. The fraction of sp³-hybridized carbons (Fsp3) is 0.333. The molecule has 1 heterocycles. The second-order valence-corrected chi connectivity index (χ2v) is 6.13. The molecule has 0 spiro atoms. The summed E-state index contributed by atoms with van der Waals surface area (Å²) in [6.07, 6.45) is 1.49. The van der Waals surface area contributed by atoms with Crippen LogP contribution in [0.5, 0.6) is 11.6 Å². The maximum absolute atomic E-state index is 6.20. The average molecular weight is 371 g/mol. The molecule has 2 rings (SSSR count). The van der Waals surface area contributed by atoms with Gasteiger partial charge in [-0.1, -0.05) is 41.4 Å². The molecular formula is C15H17BrClN3O. The van der Waals surface area contributed by atoms with E-state index >= 15 is 0 Å². The average Bonchev–Trinajstić information content (AvgIpc) is 2.42. The number of ether oxygens (including phenoxy) is 1. The Balaban J connectivity index is 2.41. The Bertz CT molecular complexity index is 634. The van der Waals surface area contributed by atoms with E-state index < -0.39 is 0 Å². The molecule has 6 heteroatoms. The van der Waals surface area contributed by atoms with Crippen molar-refractivity contribution in [2.75, 3.05) is 11.9 Å². The van der Waals surface area contributed by atoms with Gasteiger partial charge in [0.2, 0.25) is 5.88 Å². The maximum atomic E-state index is 6.20. The lowest BCUT2D eigenvalue weighted by molar-refractivity contribution is 0.452. The van der Waals surface area contributed by atoms with Crippen LogP contribution in [0.4, 0.5) is 5.82 Å². The standard InChI is InChI=1S/C15H17BrClN3O/c1-4-18-14-13(9(2)3)15(20-8-19-14)21-12-6-5-10(16)7-11(12)17/h5-9H,4H2,1-3H3,(H,18,19,20). The van der Waals surface area contributed by atoms with Crippen molar-refractivity contribution in [1.29, 1.82) is 0 Å². The van der Waals surface area contributed by atoms with Gasteiger partial charge in [-0.05, 0) is 31.0 Å². The van der Waals surface area contributed by atoms with E-state index in [1.165, 1.54) is 6.33 Å². The predicted molar refractivity (Wildman–Crippen MR) is 89.5 cm³/mol. The number of hydrogen-bond donors (Lipinski definition) is 1. The molecule has 112 valence electrons. The lowest BCUT2D eigenvalue weighted by Crippen LogP contribution is -2.07. The summed E-state index contributed by atoms with van der Waals surface area (Å²) in [4.78, 5) is 8.54. The van der Waals surface area contributed by atoms with Gasteiger partial charge in [-0.2, -0.15) is 0 Å². The summed E-state index contributed by atoms with van der Waals surface area (Å²) < 4.78 is 6.80. The summed E-state index contributed by atoms with van der Waals surface area (Å²) in [5.41, 5.74) is 0.943. The Labute approximate surface area is 138 Å². The molecule has 0 unspecified atom stereocenters. The van der Waals surface area contributed by atoms with Gasteiger partial charge in [-0.25, -0.2) is 9.97 Å². The second-order valence-electron chi connectivity index (χ2n) is 4.80. The lowest BCUT2D eigenvalue weighted by Gasteiger charge is -2.17. The molecule has 0 aliphatic heterocycles. The first-order valence-electron chi connectivity index (χ1n) is 6.74. The van der Waals surface area contributed by atoms with E-state index in [0.717, 1.165) is 22.4 Å². The molecule has 1 N–H and O–H groups in total. The van der Waals surface area contributed by atoms with Gasteiger partial charge >= 0.3 is 0 Å². The van der Waals surface area contributed by atoms with E-state index in [4.69, 9.17) is 16.3 Å². The van der Waals surface area contributed by atoms with Crippen LogP contribution in [0.3, 0.4) is 0 Å². The van der Waals surface area contributed by atoms with Gasteiger partial charge in [-0.15, -0.1) is 0 Å². The SMILES string of the molecule is CCNc1ncnc(Oc2ccc(Br)cc2Cl)c1C(C)C. The lowest BCUT2D eigenvalue weighted by atomic mass is 10.1. The molecule has 21 heavy (non-hydrogen) atoms. The zero-order valence-corrected chi connectivity index (χ0v) is 14.5. The molecule has 0 radical (unpaired) electrons. The molecule has 0 bridgehead atoms. The van der Waals surface area contributed by atoms with Crippen LogP contribution in [-0.2, 0) is 0 Å². The molecule has 0 saturated carbocycles. The third-order valence-electron chi connectivity index (χ3n) is 2.87. The maximum Gasteiger partial charge on any atom is 0.227 e. The van der Waals surface area contributed by atoms with Gasteiger partial charge in [0.15, 0.2) is 0 Å². The minimum absolute atomic E-state index is 0.226. The number of hydrogen-bond acceptors (Lipinski definition) is 4. The van der Waals surface area contributed by atoms with Crippen molar-refractivity contribution in [2.24, 2.45) is 0 Å². The van der Waals surface area contributed by atoms with Gasteiger partial charge in [0.25, 0.3) is 0 Å². The Hall–Kier alpha value is -1.33. The second kappa shape index (κ2) is 7.09. The molecule has 2 aromatic rings. The smallest absolute Gasteiger partial charge is 0.227 e. The van der Waals surface area contributed by atoms with E-state index in [2.05, 4.69) is 45.1 Å². The molecule has 0 amide bonds.